The van der Waals surface area contributed by atoms with Crippen molar-refractivity contribution < 1.29 is 9.31 Å². The lowest BCUT2D eigenvalue weighted by atomic mass is 10.1. The van der Waals surface area contributed by atoms with E-state index < -0.39 is 16.4 Å². The highest BCUT2D eigenvalue weighted by Crippen LogP contribution is 2.22. The highest BCUT2D eigenvalue weighted by atomic mass is 19.1. The Hall–Kier alpha value is -1.75. The van der Waals surface area contributed by atoms with E-state index in [1.54, 1.807) is 6.07 Å². The average Bonchev–Trinajstić information content (AvgIpc) is 3.20. The third-order valence-electron chi connectivity index (χ3n) is 3.19. The second-order valence-corrected chi connectivity index (χ2v) is 4.78. The molecule has 0 unspecified atom stereocenters. The van der Waals surface area contributed by atoms with Crippen molar-refractivity contribution in [1.82, 2.24) is 5.32 Å². The number of hydrogen-bond acceptors (Lipinski definition) is 3. The molecule has 0 amide bonds. The highest BCUT2D eigenvalue weighted by Gasteiger charge is 2.20. The number of nitrogens with one attached hydrogen (secondary N) is 1. The molecular formula is C14H17FN2O2. The molecule has 0 spiro atoms. The first-order valence-electron chi connectivity index (χ1n) is 6.47. The minimum atomic E-state index is -0.795. The van der Waals surface area contributed by atoms with Gasteiger partial charge in [-0.1, -0.05) is 24.6 Å². The van der Waals surface area contributed by atoms with E-state index in [2.05, 4.69) is 5.32 Å². The van der Waals surface area contributed by atoms with Crippen LogP contribution in [0.5, 0.6) is 0 Å². The zero-order chi connectivity index (χ0) is 13.8. The summed E-state index contributed by atoms with van der Waals surface area (Å²) in [5.74, 6) is -0.795. The summed E-state index contributed by atoms with van der Waals surface area (Å²) in [7, 11) is 0. The molecular weight excluding hydrogens is 247 g/mol. The summed E-state index contributed by atoms with van der Waals surface area (Å²) in [4.78, 5) is 9.99. The lowest BCUT2D eigenvalue weighted by Gasteiger charge is -2.06. The van der Waals surface area contributed by atoms with Crippen molar-refractivity contribution in [3.05, 3.63) is 45.3 Å². The van der Waals surface area contributed by atoms with Gasteiger partial charge in [0.2, 0.25) is 5.82 Å². The lowest BCUT2D eigenvalue weighted by Crippen LogP contribution is -2.18. The quantitative estimate of drug-likeness (QED) is 0.633. The molecule has 2 rings (SSSR count). The first kappa shape index (κ1) is 13.7. The van der Waals surface area contributed by atoms with Crippen molar-refractivity contribution in [3.63, 3.8) is 0 Å². The van der Waals surface area contributed by atoms with Gasteiger partial charge >= 0.3 is 5.69 Å². The number of halogens is 1. The minimum absolute atomic E-state index is 0.473. The highest BCUT2D eigenvalue weighted by molar-refractivity contribution is 5.56. The number of nitro groups is 1. The van der Waals surface area contributed by atoms with E-state index in [1.807, 2.05) is 13.0 Å². The van der Waals surface area contributed by atoms with Crippen LogP contribution in [0.1, 0.15) is 31.7 Å². The average molecular weight is 264 g/mol. The molecule has 1 saturated carbocycles. The molecule has 102 valence electrons. The van der Waals surface area contributed by atoms with Gasteiger partial charge in [0.25, 0.3) is 0 Å². The summed E-state index contributed by atoms with van der Waals surface area (Å²) in [6.45, 7) is 2.82. The van der Waals surface area contributed by atoms with Crippen molar-refractivity contribution in [3.8, 4) is 0 Å². The molecule has 0 aromatic heterocycles. The smallest absolute Gasteiger partial charge is 0.305 e. The Morgan fingerprint density at radius 2 is 2.32 bits per heavy atom. The van der Waals surface area contributed by atoms with E-state index in [4.69, 9.17) is 0 Å². The van der Waals surface area contributed by atoms with Crippen LogP contribution in [0.15, 0.2) is 23.8 Å². The van der Waals surface area contributed by atoms with Crippen LogP contribution in [-0.2, 0) is 0 Å². The Bertz CT molecular complexity index is 510. The summed E-state index contributed by atoms with van der Waals surface area (Å²) < 4.78 is 13.2. The van der Waals surface area contributed by atoms with Gasteiger partial charge in [0, 0.05) is 18.7 Å². The fraction of sp³-hybridized carbons (Fsp3) is 0.429. The van der Waals surface area contributed by atoms with Crippen molar-refractivity contribution >= 4 is 11.8 Å². The molecule has 19 heavy (non-hydrogen) atoms. The molecule has 4 nitrogen and oxygen atoms in total. The molecule has 0 radical (unpaired) electrons. The van der Waals surface area contributed by atoms with Crippen LogP contribution in [0.3, 0.4) is 0 Å². The zero-order valence-electron chi connectivity index (χ0n) is 10.9. The molecule has 1 N–H and O–H groups in total. The maximum absolute atomic E-state index is 13.2. The van der Waals surface area contributed by atoms with Gasteiger partial charge in [-0.2, -0.15) is 4.39 Å². The van der Waals surface area contributed by atoms with Gasteiger partial charge in [-0.25, -0.2) is 0 Å². The zero-order valence-corrected chi connectivity index (χ0v) is 10.9. The van der Waals surface area contributed by atoms with E-state index in [9.17, 15) is 14.5 Å². The standard InChI is InChI=1S/C14H17FN2O2/c1-2-10(9-16-12-4-5-12)7-11-3-6-13(15)14(8-11)17(18)19/h3,6-8,12,16H,2,4-5,9H2,1H3/b10-7-. The number of hydrogen-bond donors (Lipinski definition) is 1. The van der Waals surface area contributed by atoms with Gasteiger partial charge in [0.05, 0.1) is 4.92 Å². The van der Waals surface area contributed by atoms with Gasteiger partial charge in [-0.05, 0) is 30.9 Å². The van der Waals surface area contributed by atoms with Crippen LogP contribution in [-0.4, -0.2) is 17.5 Å². The van der Waals surface area contributed by atoms with Crippen molar-refractivity contribution in [2.75, 3.05) is 6.54 Å². The Kier molecular flexibility index (Phi) is 4.27. The van der Waals surface area contributed by atoms with Gasteiger partial charge in [-0.3, -0.25) is 10.1 Å². The molecule has 0 saturated heterocycles. The Morgan fingerprint density at radius 1 is 1.58 bits per heavy atom. The fourth-order valence-electron chi connectivity index (χ4n) is 1.84. The van der Waals surface area contributed by atoms with Crippen LogP contribution >= 0.6 is 0 Å². The second-order valence-electron chi connectivity index (χ2n) is 4.78. The van der Waals surface area contributed by atoms with Crippen LogP contribution < -0.4 is 5.32 Å². The van der Waals surface area contributed by atoms with E-state index in [1.165, 1.54) is 18.9 Å². The predicted molar refractivity (Wildman–Crippen MR) is 72.3 cm³/mol. The topological polar surface area (TPSA) is 55.2 Å². The second kappa shape index (κ2) is 5.93. The number of nitrogens with zero attached hydrogens (tertiary/aromatic N) is 1. The molecule has 0 aliphatic heterocycles. The van der Waals surface area contributed by atoms with Gasteiger partial charge in [0.15, 0.2) is 0 Å². The number of rotatable bonds is 6. The SMILES string of the molecule is CC/C(=C/c1ccc(F)c([N+](=O)[O-])c1)CNC1CC1. The van der Waals surface area contributed by atoms with Crippen LogP contribution in [0.4, 0.5) is 10.1 Å². The Labute approximate surface area is 111 Å². The van der Waals surface area contributed by atoms with E-state index >= 15 is 0 Å². The molecule has 0 heterocycles. The summed E-state index contributed by atoms with van der Waals surface area (Å²) in [6.07, 6.45) is 5.20. The monoisotopic (exact) mass is 264 g/mol. The maximum Gasteiger partial charge on any atom is 0.305 e. The molecule has 5 heteroatoms. The van der Waals surface area contributed by atoms with E-state index in [-0.39, 0.29) is 0 Å². The molecule has 1 aliphatic carbocycles. The van der Waals surface area contributed by atoms with Crippen LogP contribution in [0, 0.1) is 15.9 Å². The molecule has 1 fully saturated rings. The van der Waals surface area contributed by atoms with Crippen molar-refractivity contribution in [2.45, 2.75) is 32.2 Å². The van der Waals surface area contributed by atoms with Crippen molar-refractivity contribution in [2.24, 2.45) is 0 Å². The predicted octanol–water partition coefficient (Wildman–Crippen LogP) is 3.28. The maximum atomic E-state index is 13.2. The fourth-order valence-corrected chi connectivity index (χ4v) is 1.84. The summed E-state index contributed by atoms with van der Waals surface area (Å²) in [6, 6.07) is 4.61. The first-order valence-corrected chi connectivity index (χ1v) is 6.47. The van der Waals surface area contributed by atoms with Crippen LogP contribution in [0.2, 0.25) is 0 Å². The molecule has 1 aromatic carbocycles. The minimum Gasteiger partial charge on any atom is -0.310 e. The van der Waals surface area contributed by atoms with Crippen molar-refractivity contribution in [1.29, 1.82) is 0 Å². The Balaban J connectivity index is 2.14. The third kappa shape index (κ3) is 3.86. The molecule has 0 bridgehead atoms. The summed E-state index contributed by atoms with van der Waals surface area (Å²) in [5, 5.41) is 14.1. The number of nitro benzene ring substituents is 1. The number of benzene rings is 1. The lowest BCUT2D eigenvalue weighted by molar-refractivity contribution is -0.387. The summed E-state index contributed by atoms with van der Waals surface area (Å²) >= 11 is 0. The van der Waals surface area contributed by atoms with Gasteiger partial charge < -0.3 is 5.32 Å². The van der Waals surface area contributed by atoms with E-state index in [0.29, 0.717) is 11.6 Å². The molecule has 1 aliphatic rings. The van der Waals surface area contributed by atoms with Crippen LogP contribution in [0.25, 0.3) is 6.08 Å². The van der Waals surface area contributed by atoms with Gasteiger partial charge in [-0.15, -0.1) is 0 Å². The third-order valence-corrected chi connectivity index (χ3v) is 3.19. The van der Waals surface area contributed by atoms with Gasteiger partial charge in [0.1, 0.15) is 0 Å². The normalized spacial score (nSPS) is 15.6. The Morgan fingerprint density at radius 3 is 2.89 bits per heavy atom. The first-order chi connectivity index (χ1) is 9.10. The van der Waals surface area contributed by atoms with E-state index in [0.717, 1.165) is 24.6 Å². The summed E-state index contributed by atoms with van der Waals surface area (Å²) in [5.41, 5.74) is 1.36. The molecule has 1 aromatic rings. The largest absolute Gasteiger partial charge is 0.310 e. The molecule has 0 atom stereocenters.